The zero-order chi connectivity index (χ0) is 10.7. The minimum absolute atomic E-state index is 0.572. The van der Waals surface area contributed by atoms with Gasteiger partial charge >= 0.3 is 0 Å². The van der Waals surface area contributed by atoms with Crippen molar-refractivity contribution < 1.29 is 0 Å². The molecule has 0 spiro atoms. The second-order valence-electron chi connectivity index (χ2n) is 3.85. The molecule has 15 heavy (non-hydrogen) atoms. The van der Waals surface area contributed by atoms with E-state index in [1.807, 2.05) is 12.1 Å². The van der Waals surface area contributed by atoms with Crippen LogP contribution in [-0.4, -0.2) is 19.1 Å². The van der Waals surface area contributed by atoms with E-state index in [1.165, 1.54) is 6.42 Å². The highest BCUT2D eigenvalue weighted by atomic mass is 35.5. The van der Waals surface area contributed by atoms with Gasteiger partial charge in [0, 0.05) is 29.2 Å². The Hall–Kier alpha value is -0.280. The average molecular weight is 245 g/mol. The monoisotopic (exact) mass is 244 g/mol. The van der Waals surface area contributed by atoms with E-state index in [0.29, 0.717) is 16.1 Å². The largest absolute Gasteiger partial charge is 0.315 e. The van der Waals surface area contributed by atoms with Gasteiger partial charge in [-0.15, -0.1) is 0 Å². The van der Waals surface area contributed by atoms with Crippen LogP contribution < -0.4 is 10.6 Å². The SMILES string of the molecule is Clc1cc(Cl)cc(CN[C@H]2CCNC2)c1. The maximum absolute atomic E-state index is 5.92. The van der Waals surface area contributed by atoms with Crippen LogP contribution in [0.25, 0.3) is 0 Å². The predicted molar refractivity (Wildman–Crippen MR) is 64.6 cm³/mol. The van der Waals surface area contributed by atoms with Crippen LogP contribution >= 0.6 is 23.2 Å². The van der Waals surface area contributed by atoms with Crippen molar-refractivity contribution in [3.05, 3.63) is 33.8 Å². The molecule has 1 fully saturated rings. The maximum Gasteiger partial charge on any atom is 0.0424 e. The lowest BCUT2D eigenvalue weighted by Crippen LogP contribution is -2.30. The third-order valence-electron chi connectivity index (χ3n) is 2.58. The van der Waals surface area contributed by atoms with Crippen LogP contribution in [0.5, 0.6) is 0 Å². The number of hydrogen-bond acceptors (Lipinski definition) is 2. The van der Waals surface area contributed by atoms with Gasteiger partial charge < -0.3 is 10.6 Å². The first kappa shape index (κ1) is 11.2. The van der Waals surface area contributed by atoms with Crippen LogP contribution in [0, 0.1) is 0 Å². The van der Waals surface area contributed by atoms with Gasteiger partial charge in [0.2, 0.25) is 0 Å². The van der Waals surface area contributed by atoms with E-state index in [9.17, 15) is 0 Å². The van der Waals surface area contributed by atoms with Crippen molar-refractivity contribution >= 4 is 23.2 Å². The third kappa shape index (κ3) is 3.35. The first-order chi connectivity index (χ1) is 7.24. The van der Waals surface area contributed by atoms with Crippen molar-refractivity contribution in [2.45, 2.75) is 19.0 Å². The van der Waals surface area contributed by atoms with Crippen molar-refractivity contribution in [3.63, 3.8) is 0 Å². The average Bonchev–Trinajstić information content (AvgIpc) is 2.65. The van der Waals surface area contributed by atoms with Gasteiger partial charge in [0.1, 0.15) is 0 Å². The Morgan fingerprint density at radius 2 is 2.00 bits per heavy atom. The molecule has 1 saturated heterocycles. The van der Waals surface area contributed by atoms with E-state index >= 15 is 0 Å². The van der Waals surface area contributed by atoms with Gasteiger partial charge in [-0.2, -0.15) is 0 Å². The summed E-state index contributed by atoms with van der Waals surface area (Å²) in [4.78, 5) is 0. The molecule has 2 N–H and O–H groups in total. The van der Waals surface area contributed by atoms with Crippen molar-refractivity contribution in [2.24, 2.45) is 0 Å². The van der Waals surface area contributed by atoms with E-state index in [2.05, 4.69) is 10.6 Å². The summed E-state index contributed by atoms with van der Waals surface area (Å²) >= 11 is 11.8. The van der Waals surface area contributed by atoms with Gasteiger partial charge in [0.15, 0.2) is 0 Å². The smallest absolute Gasteiger partial charge is 0.0424 e. The lowest BCUT2D eigenvalue weighted by molar-refractivity contribution is 0.547. The molecule has 1 aliphatic rings. The Bertz CT molecular complexity index is 315. The number of nitrogens with one attached hydrogen (secondary N) is 2. The Balaban J connectivity index is 1.92. The summed E-state index contributed by atoms with van der Waals surface area (Å²) < 4.78 is 0. The van der Waals surface area contributed by atoms with Crippen molar-refractivity contribution in [2.75, 3.05) is 13.1 Å². The normalized spacial score (nSPS) is 20.8. The molecule has 0 aliphatic carbocycles. The quantitative estimate of drug-likeness (QED) is 0.854. The summed E-state index contributed by atoms with van der Waals surface area (Å²) in [6, 6.07) is 6.22. The maximum atomic E-state index is 5.92. The molecule has 0 radical (unpaired) electrons. The Morgan fingerprint density at radius 1 is 1.27 bits per heavy atom. The van der Waals surface area contributed by atoms with E-state index < -0.39 is 0 Å². The Kier molecular flexibility index (Phi) is 3.87. The highest BCUT2D eigenvalue weighted by molar-refractivity contribution is 6.34. The standard InChI is InChI=1S/C11H14Cl2N2/c12-9-3-8(4-10(13)5-9)6-15-11-1-2-14-7-11/h3-5,11,14-15H,1-2,6-7H2/t11-/m0/s1. The van der Waals surface area contributed by atoms with Gasteiger partial charge in [-0.1, -0.05) is 23.2 Å². The van der Waals surface area contributed by atoms with E-state index in [4.69, 9.17) is 23.2 Å². The summed E-state index contributed by atoms with van der Waals surface area (Å²) in [5.41, 5.74) is 1.14. The highest BCUT2D eigenvalue weighted by Crippen LogP contribution is 2.19. The molecule has 82 valence electrons. The summed E-state index contributed by atoms with van der Waals surface area (Å²) in [7, 11) is 0. The van der Waals surface area contributed by atoms with Gasteiger partial charge in [-0.3, -0.25) is 0 Å². The number of halogens is 2. The number of rotatable bonds is 3. The molecule has 0 bridgehead atoms. The summed E-state index contributed by atoms with van der Waals surface area (Å²) in [5, 5.41) is 8.19. The summed E-state index contributed by atoms with van der Waals surface area (Å²) in [6.07, 6.45) is 1.19. The fraction of sp³-hybridized carbons (Fsp3) is 0.455. The molecule has 2 rings (SSSR count). The van der Waals surface area contributed by atoms with E-state index in [-0.39, 0.29) is 0 Å². The minimum Gasteiger partial charge on any atom is -0.315 e. The molecule has 0 amide bonds. The Morgan fingerprint density at radius 3 is 2.60 bits per heavy atom. The lowest BCUT2D eigenvalue weighted by Gasteiger charge is -2.11. The van der Waals surface area contributed by atoms with Crippen molar-refractivity contribution in [1.29, 1.82) is 0 Å². The van der Waals surface area contributed by atoms with Crippen LogP contribution in [-0.2, 0) is 6.54 Å². The van der Waals surface area contributed by atoms with Crippen molar-refractivity contribution in [3.8, 4) is 0 Å². The minimum atomic E-state index is 0.572. The molecule has 0 saturated carbocycles. The van der Waals surface area contributed by atoms with Gasteiger partial charge in [-0.05, 0) is 36.7 Å². The van der Waals surface area contributed by atoms with Crippen LogP contribution in [0.2, 0.25) is 10.0 Å². The second kappa shape index (κ2) is 5.17. The van der Waals surface area contributed by atoms with Gasteiger partial charge in [0.25, 0.3) is 0 Å². The fourth-order valence-electron chi connectivity index (χ4n) is 1.80. The van der Waals surface area contributed by atoms with Crippen LogP contribution in [0.3, 0.4) is 0 Å². The van der Waals surface area contributed by atoms with Crippen LogP contribution in [0.4, 0.5) is 0 Å². The van der Waals surface area contributed by atoms with Gasteiger partial charge in [0.05, 0.1) is 0 Å². The molecule has 0 unspecified atom stereocenters. The fourth-order valence-corrected chi connectivity index (χ4v) is 2.38. The molecule has 1 aromatic carbocycles. The zero-order valence-electron chi connectivity index (χ0n) is 8.39. The van der Waals surface area contributed by atoms with E-state index in [0.717, 1.165) is 25.2 Å². The van der Waals surface area contributed by atoms with Crippen LogP contribution in [0.15, 0.2) is 18.2 Å². The predicted octanol–water partition coefficient (Wildman–Crippen LogP) is 2.44. The second-order valence-corrected chi connectivity index (χ2v) is 4.72. The van der Waals surface area contributed by atoms with Gasteiger partial charge in [-0.25, -0.2) is 0 Å². The molecular formula is C11H14Cl2N2. The molecule has 2 nitrogen and oxygen atoms in total. The summed E-state index contributed by atoms with van der Waals surface area (Å²) in [5.74, 6) is 0. The van der Waals surface area contributed by atoms with Crippen molar-refractivity contribution in [1.82, 2.24) is 10.6 Å². The molecule has 4 heteroatoms. The zero-order valence-corrected chi connectivity index (χ0v) is 9.91. The highest BCUT2D eigenvalue weighted by Gasteiger charge is 2.13. The third-order valence-corrected chi connectivity index (χ3v) is 3.01. The topological polar surface area (TPSA) is 24.1 Å². The van der Waals surface area contributed by atoms with Crippen LogP contribution in [0.1, 0.15) is 12.0 Å². The molecular weight excluding hydrogens is 231 g/mol. The molecule has 1 atom stereocenters. The molecule has 0 aromatic heterocycles. The molecule has 1 aliphatic heterocycles. The van der Waals surface area contributed by atoms with E-state index in [1.54, 1.807) is 6.07 Å². The number of hydrogen-bond donors (Lipinski definition) is 2. The first-order valence-corrected chi connectivity index (χ1v) is 5.89. The molecule has 1 aromatic rings. The molecule has 1 heterocycles. The lowest BCUT2D eigenvalue weighted by atomic mass is 10.2. The first-order valence-electron chi connectivity index (χ1n) is 5.13. The Labute approximate surface area is 100.0 Å². The summed E-state index contributed by atoms with van der Waals surface area (Å²) in [6.45, 7) is 2.98. The number of benzene rings is 1.